The Balaban J connectivity index is 2.03. The highest BCUT2D eigenvalue weighted by Gasteiger charge is 2.26. The molecule has 1 aliphatic carbocycles. The quantitative estimate of drug-likeness (QED) is 0.592. The second kappa shape index (κ2) is 5.72. The molecule has 1 aromatic carbocycles. The van der Waals surface area contributed by atoms with Crippen LogP contribution in [-0.2, 0) is 4.79 Å². The summed E-state index contributed by atoms with van der Waals surface area (Å²) in [6, 6.07) is 3.18. The SMILES string of the molecule is Cc1cc(OC(=O)[C@H]2CC[C@@H](C)CC2)cc(C)c1F. The maximum Gasteiger partial charge on any atom is 0.314 e. The van der Waals surface area contributed by atoms with Crippen LogP contribution in [-0.4, -0.2) is 5.97 Å². The lowest BCUT2D eigenvalue weighted by molar-refractivity contribution is -0.140. The van der Waals surface area contributed by atoms with E-state index in [1.807, 2.05) is 0 Å². The van der Waals surface area contributed by atoms with Crippen molar-refractivity contribution in [3.8, 4) is 5.75 Å². The molecule has 0 aromatic heterocycles. The number of benzene rings is 1. The number of hydrogen-bond donors (Lipinski definition) is 0. The molecule has 0 saturated heterocycles. The summed E-state index contributed by atoms with van der Waals surface area (Å²) in [5.41, 5.74) is 1.03. The van der Waals surface area contributed by atoms with Gasteiger partial charge in [0.05, 0.1) is 5.92 Å². The van der Waals surface area contributed by atoms with E-state index in [1.165, 1.54) is 0 Å². The third kappa shape index (κ3) is 3.34. The van der Waals surface area contributed by atoms with E-state index in [0.717, 1.165) is 25.7 Å². The first-order valence-corrected chi connectivity index (χ1v) is 6.96. The van der Waals surface area contributed by atoms with Gasteiger partial charge in [0.15, 0.2) is 0 Å². The van der Waals surface area contributed by atoms with Crippen molar-refractivity contribution in [2.75, 3.05) is 0 Å². The van der Waals surface area contributed by atoms with Gasteiger partial charge < -0.3 is 4.74 Å². The van der Waals surface area contributed by atoms with Gasteiger partial charge in [0.2, 0.25) is 0 Å². The van der Waals surface area contributed by atoms with Crippen molar-refractivity contribution in [3.63, 3.8) is 0 Å². The molecule has 0 radical (unpaired) electrons. The lowest BCUT2D eigenvalue weighted by Gasteiger charge is -2.24. The van der Waals surface area contributed by atoms with Crippen LogP contribution in [0.5, 0.6) is 5.75 Å². The van der Waals surface area contributed by atoms with Gasteiger partial charge in [-0.15, -0.1) is 0 Å². The molecule has 0 N–H and O–H groups in total. The summed E-state index contributed by atoms with van der Waals surface area (Å²) in [4.78, 5) is 12.1. The molecule has 3 heteroatoms. The molecule has 104 valence electrons. The zero-order chi connectivity index (χ0) is 14.0. The maximum absolute atomic E-state index is 13.5. The summed E-state index contributed by atoms with van der Waals surface area (Å²) >= 11 is 0. The second-order valence-electron chi connectivity index (χ2n) is 5.75. The molecule has 0 atom stereocenters. The van der Waals surface area contributed by atoms with Gasteiger partial charge in [0.25, 0.3) is 0 Å². The highest BCUT2D eigenvalue weighted by atomic mass is 19.1. The fourth-order valence-corrected chi connectivity index (χ4v) is 2.66. The van der Waals surface area contributed by atoms with E-state index < -0.39 is 0 Å². The van der Waals surface area contributed by atoms with Gasteiger partial charge in [-0.2, -0.15) is 0 Å². The molecule has 2 nitrogen and oxygen atoms in total. The van der Waals surface area contributed by atoms with Crippen LogP contribution in [0, 0.1) is 31.5 Å². The van der Waals surface area contributed by atoms with E-state index in [9.17, 15) is 9.18 Å². The Hall–Kier alpha value is -1.38. The van der Waals surface area contributed by atoms with Gasteiger partial charge in [0, 0.05) is 0 Å². The van der Waals surface area contributed by atoms with E-state index in [4.69, 9.17) is 4.74 Å². The minimum Gasteiger partial charge on any atom is -0.426 e. The Bertz CT molecular complexity index is 451. The molecule has 0 amide bonds. The zero-order valence-corrected chi connectivity index (χ0v) is 11.8. The highest BCUT2D eigenvalue weighted by molar-refractivity contribution is 5.75. The molecule has 0 heterocycles. The number of aryl methyl sites for hydroxylation is 2. The van der Waals surface area contributed by atoms with E-state index in [2.05, 4.69) is 6.92 Å². The first-order valence-electron chi connectivity index (χ1n) is 6.96. The van der Waals surface area contributed by atoms with Crippen LogP contribution in [0.2, 0.25) is 0 Å². The number of esters is 1. The summed E-state index contributed by atoms with van der Waals surface area (Å²) in [7, 11) is 0. The molecule has 1 saturated carbocycles. The van der Waals surface area contributed by atoms with Crippen molar-refractivity contribution in [1.29, 1.82) is 0 Å². The average Bonchev–Trinajstić information content (AvgIpc) is 2.36. The minimum atomic E-state index is -0.230. The summed E-state index contributed by atoms with van der Waals surface area (Å²) in [5, 5.41) is 0. The Morgan fingerprint density at radius 2 is 1.68 bits per heavy atom. The van der Waals surface area contributed by atoms with E-state index >= 15 is 0 Å². The predicted molar refractivity (Wildman–Crippen MR) is 72.6 cm³/mol. The van der Waals surface area contributed by atoms with Gasteiger partial charge in [-0.25, -0.2) is 4.39 Å². The first kappa shape index (κ1) is 14.0. The smallest absolute Gasteiger partial charge is 0.314 e. The molecule has 1 fully saturated rings. The fraction of sp³-hybridized carbons (Fsp3) is 0.562. The Morgan fingerprint density at radius 1 is 1.16 bits per heavy atom. The molecule has 0 aliphatic heterocycles. The number of rotatable bonds is 2. The molecule has 0 spiro atoms. The monoisotopic (exact) mass is 264 g/mol. The van der Waals surface area contributed by atoms with Crippen molar-refractivity contribution in [2.45, 2.75) is 46.5 Å². The van der Waals surface area contributed by atoms with E-state index in [1.54, 1.807) is 26.0 Å². The number of halogens is 1. The largest absolute Gasteiger partial charge is 0.426 e. The summed E-state index contributed by atoms with van der Waals surface area (Å²) in [5.74, 6) is 0.768. The van der Waals surface area contributed by atoms with Crippen LogP contribution >= 0.6 is 0 Å². The lowest BCUT2D eigenvalue weighted by Crippen LogP contribution is -2.25. The minimum absolute atomic E-state index is 0.00173. The van der Waals surface area contributed by atoms with Crippen molar-refractivity contribution in [3.05, 3.63) is 29.1 Å². The first-order chi connectivity index (χ1) is 8.97. The molecular formula is C16H21FO2. The third-order valence-electron chi connectivity index (χ3n) is 3.98. The molecule has 1 aromatic rings. The normalized spacial score (nSPS) is 23.2. The average molecular weight is 264 g/mol. The van der Waals surface area contributed by atoms with Crippen molar-refractivity contribution in [2.24, 2.45) is 11.8 Å². The van der Waals surface area contributed by atoms with Crippen LogP contribution in [0.4, 0.5) is 4.39 Å². The molecule has 0 unspecified atom stereocenters. The maximum atomic E-state index is 13.5. The van der Waals surface area contributed by atoms with Gasteiger partial charge in [-0.05, 0) is 68.7 Å². The molecule has 19 heavy (non-hydrogen) atoms. The molecule has 1 aliphatic rings. The van der Waals surface area contributed by atoms with Gasteiger partial charge >= 0.3 is 5.97 Å². The topological polar surface area (TPSA) is 26.3 Å². The summed E-state index contributed by atoms with van der Waals surface area (Å²) < 4.78 is 18.9. The Labute approximate surface area is 114 Å². The van der Waals surface area contributed by atoms with Crippen LogP contribution in [0.3, 0.4) is 0 Å². The Morgan fingerprint density at radius 3 is 2.21 bits per heavy atom. The summed E-state index contributed by atoms with van der Waals surface area (Å²) in [6.07, 6.45) is 3.97. The van der Waals surface area contributed by atoms with E-state index in [0.29, 0.717) is 22.8 Å². The van der Waals surface area contributed by atoms with Gasteiger partial charge in [0.1, 0.15) is 11.6 Å². The number of carbonyl (C=O) groups is 1. The van der Waals surface area contributed by atoms with Crippen LogP contribution < -0.4 is 4.74 Å². The molecule has 2 rings (SSSR count). The van der Waals surface area contributed by atoms with Crippen LogP contribution in [0.15, 0.2) is 12.1 Å². The lowest BCUT2D eigenvalue weighted by atomic mass is 9.83. The van der Waals surface area contributed by atoms with Crippen LogP contribution in [0.25, 0.3) is 0 Å². The second-order valence-corrected chi connectivity index (χ2v) is 5.75. The third-order valence-corrected chi connectivity index (χ3v) is 3.98. The summed E-state index contributed by atoms with van der Waals surface area (Å²) in [6.45, 7) is 5.58. The number of ether oxygens (including phenoxy) is 1. The standard InChI is InChI=1S/C16H21FO2/c1-10-4-6-13(7-5-10)16(18)19-14-8-11(2)15(17)12(3)9-14/h8-10,13H,4-7H2,1-3H3/t10-,13+. The fourth-order valence-electron chi connectivity index (χ4n) is 2.66. The van der Waals surface area contributed by atoms with Crippen LogP contribution in [0.1, 0.15) is 43.7 Å². The number of hydrogen-bond acceptors (Lipinski definition) is 2. The van der Waals surface area contributed by atoms with Crippen molar-refractivity contribution >= 4 is 5.97 Å². The van der Waals surface area contributed by atoms with E-state index in [-0.39, 0.29) is 17.7 Å². The Kier molecular flexibility index (Phi) is 4.23. The molecular weight excluding hydrogens is 243 g/mol. The zero-order valence-electron chi connectivity index (χ0n) is 11.8. The van der Waals surface area contributed by atoms with Gasteiger partial charge in [-0.3, -0.25) is 4.79 Å². The predicted octanol–water partition coefficient (Wildman–Crippen LogP) is 4.17. The number of carbonyl (C=O) groups excluding carboxylic acids is 1. The van der Waals surface area contributed by atoms with Gasteiger partial charge in [-0.1, -0.05) is 6.92 Å². The van der Waals surface area contributed by atoms with Crippen molar-refractivity contribution < 1.29 is 13.9 Å². The highest BCUT2D eigenvalue weighted by Crippen LogP contribution is 2.30. The van der Waals surface area contributed by atoms with Crippen molar-refractivity contribution in [1.82, 2.24) is 0 Å². The molecule has 0 bridgehead atoms.